The number of aliphatic hydroxyl groups is 1. The van der Waals surface area contributed by atoms with Crippen LogP contribution < -0.4 is 9.79 Å². The van der Waals surface area contributed by atoms with Crippen molar-refractivity contribution in [1.29, 1.82) is 0 Å². The van der Waals surface area contributed by atoms with Gasteiger partial charge in [0.2, 0.25) is 0 Å². The van der Waals surface area contributed by atoms with Crippen LogP contribution in [0.25, 0.3) is 0 Å². The minimum Gasteiger partial charge on any atom is -0.820 e. The van der Waals surface area contributed by atoms with Crippen LogP contribution in [0.3, 0.4) is 0 Å². The van der Waals surface area contributed by atoms with Gasteiger partial charge in [0.1, 0.15) is 0 Å². The molecule has 10 heavy (non-hydrogen) atoms. The molecule has 0 spiro atoms. The Morgan fingerprint density at radius 1 is 1.50 bits per heavy atom. The Morgan fingerprint density at radius 3 is 2.30 bits per heavy atom. The summed E-state index contributed by atoms with van der Waals surface area (Å²) < 4.78 is 4.29. The molecule has 5 heteroatoms. The topological polar surface area (TPSA) is 75.6 Å². The van der Waals surface area contributed by atoms with Crippen LogP contribution in [0.15, 0.2) is 0 Å². The lowest BCUT2D eigenvalue weighted by molar-refractivity contribution is -0.319. The van der Waals surface area contributed by atoms with Gasteiger partial charge in [-0.2, -0.15) is 8.60 Å². The fraction of sp³-hybridized carbons (Fsp3) is 1.00. The van der Waals surface area contributed by atoms with Crippen molar-refractivity contribution in [3.8, 4) is 0 Å². The maximum atomic E-state index is 9.90. The number of hydrogen-bond donors (Lipinski definition) is 1. The second kappa shape index (κ2) is 4.21. The molecule has 0 bridgehead atoms. The lowest BCUT2D eigenvalue weighted by atomic mass is 9.97. The molecule has 4 nitrogen and oxygen atoms in total. The lowest BCUT2D eigenvalue weighted by Crippen LogP contribution is -2.25. The Labute approximate surface area is 61.5 Å². The van der Waals surface area contributed by atoms with Crippen LogP contribution in [0.2, 0.25) is 0 Å². The minimum absolute atomic E-state index is 0.0300. The van der Waals surface area contributed by atoms with Gasteiger partial charge in [0.25, 0.3) is 0 Å². The molecule has 0 aromatic rings. The van der Waals surface area contributed by atoms with Crippen molar-refractivity contribution >= 4 is 8.60 Å². The van der Waals surface area contributed by atoms with Gasteiger partial charge in [-0.25, -0.2) is 0 Å². The second-order valence-electron chi connectivity index (χ2n) is 2.82. The van der Waals surface area contributed by atoms with Gasteiger partial charge in [-0.3, -0.25) is 0 Å². The third-order valence-electron chi connectivity index (χ3n) is 0.989. The Hall–Kier alpha value is 0.270. The zero-order chi connectivity index (χ0) is 8.20. The molecule has 0 saturated carbocycles. The monoisotopic (exact) mass is 166 g/mol. The Balaban J connectivity index is 3.46. The molecule has 0 atom stereocenters. The third kappa shape index (κ3) is 5.09. The molecule has 0 fully saturated rings. The molecule has 0 amide bonds. The summed E-state index contributed by atoms with van der Waals surface area (Å²) in [6, 6.07) is 0. The van der Waals surface area contributed by atoms with Crippen molar-refractivity contribution in [3.63, 3.8) is 0 Å². The highest BCUT2D eigenvalue weighted by Crippen LogP contribution is 2.21. The quantitative estimate of drug-likeness (QED) is 0.542. The van der Waals surface area contributed by atoms with E-state index in [-0.39, 0.29) is 13.2 Å². The summed E-state index contributed by atoms with van der Waals surface area (Å²) in [6.07, 6.45) is 0. The van der Waals surface area contributed by atoms with E-state index in [4.69, 9.17) is 5.11 Å². The molecule has 0 rings (SSSR count). The van der Waals surface area contributed by atoms with Gasteiger partial charge in [0, 0.05) is 5.41 Å². The maximum absolute atomic E-state index is 9.90. The van der Waals surface area contributed by atoms with E-state index in [1.807, 2.05) is 0 Å². The normalized spacial score (nSPS) is 12.6. The first-order valence-corrected chi connectivity index (χ1v) is 3.96. The number of aliphatic hydroxyl groups excluding tert-OH is 1. The highest BCUT2D eigenvalue weighted by molar-refractivity contribution is 7.36. The highest BCUT2D eigenvalue weighted by atomic mass is 31.2. The summed E-state index contributed by atoms with van der Waals surface area (Å²) >= 11 is 0. The largest absolute Gasteiger partial charge is 0.820 e. The summed E-state index contributed by atoms with van der Waals surface area (Å²) in [7, 11) is -2.78. The summed E-state index contributed by atoms with van der Waals surface area (Å²) in [4.78, 5) is 19.8. The van der Waals surface area contributed by atoms with Crippen LogP contribution in [0, 0.1) is 5.41 Å². The van der Waals surface area contributed by atoms with Crippen molar-refractivity contribution < 1.29 is 19.4 Å². The predicted octanol–water partition coefficient (Wildman–Crippen LogP) is -1.03. The first kappa shape index (κ1) is 10.3. The van der Waals surface area contributed by atoms with Crippen molar-refractivity contribution in [2.75, 3.05) is 13.2 Å². The van der Waals surface area contributed by atoms with Crippen molar-refractivity contribution in [3.05, 3.63) is 0 Å². The average Bonchev–Trinajstić information content (AvgIpc) is 1.85. The molecule has 0 aromatic carbocycles. The molecule has 0 heterocycles. The van der Waals surface area contributed by atoms with Crippen molar-refractivity contribution in [2.24, 2.45) is 5.41 Å². The molecule has 0 radical (unpaired) electrons. The lowest BCUT2D eigenvalue weighted by Gasteiger charge is -2.33. The summed E-state index contributed by atoms with van der Waals surface area (Å²) in [5.74, 6) is 0. The van der Waals surface area contributed by atoms with Crippen LogP contribution in [-0.2, 0) is 4.52 Å². The fourth-order valence-electron chi connectivity index (χ4n) is 0.273. The molecule has 0 aromatic heterocycles. The van der Waals surface area contributed by atoms with Gasteiger partial charge < -0.3 is 19.4 Å². The van der Waals surface area contributed by atoms with E-state index in [1.165, 1.54) is 0 Å². The van der Waals surface area contributed by atoms with E-state index in [0.29, 0.717) is 0 Å². The molecular formula is C5H11O4P-2. The Morgan fingerprint density at radius 2 is 2.00 bits per heavy atom. The first-order valence-electron chi connectivity index (χ1n) is 2.86. The van der Waals surface area contributed by atoms with Crippen LogP contribution in [0.1, 0.15) is 13.8 Å². The molecule has 0 saturated heterocycles. The third-order valence-corrected chi connectivity index (χ3v) is 1.33. The summed E-state index contributed by atoms with van der Waals surface area (Å²) in [5.41, 5.74) is -0.477. The molecule has 0 aliphatic carbocycles. The van der Waals surface area contributed by atoms with Crippen molar-refractivity contribution in [2.45, 2.75) is 13.8 Å². The predicted molar refractivity (Wildman–Crippen MR) is 33.7 cm³/mol. The standard InChI is InChI=1S/C5H11O4P/c1-5(2,3-6)4-9-10(7)8/h6H,3-4H2,1-2H3/q-2. The SMILES string of the molecule is CC(C)(CO)COP([O-])[O-]. The molecule has 62 valence electrons. The number of hydrogen-bond acceptors (Lipinski definition) is 4. The average molecular weight is 166 g/mol. The minimum atomic E-state index is -2.78. The van der Waals surface area contributed by atoms with Crippen LogP contribution in [0.5, 0.6) is 0 Å². The highest BCUT2D eigenvalue weighted by Gasteiger charge is 2.15. The van der Waals surface area contributed by atoms with Crippen LogP contribution in [0.4, 0.5) is 0 Å². The van der Waals surface area contributed by atoms with Gasteiger partial charge in [0.15, 0.2) is 0 Å². The molecule has 0 aliphatic heterocycles. The van der Waals surface area contributed by atoms with Gasteiger partial charge in [0.05, 0.1) is 13.2 Å². The van der Waals surface area contributed by atoms with E-state index in [2.05, 4.69) is 4.52 Å². The molecule has 0 aliphatic rings. The second-order valence-corrected chi connectivity index (χ2v) is 3.52. The van der Waals surface area contributed by atoms with Crippen molar-refractivity contribution in [1.82, 2.24) is 0 Å². The van der Waals surface area contributed by atoms with Gasteiger partial charge in [-0.05, 0) is 0 Å². The molecule has 1 N–H and O–H groups in total. The number of rotatable bonds is 4. The first-order chi connectivity index (χ1) is 4.48. The van der Waals surface area contributed by atoms with Crippen LogP contribution >= 0.6 is 8.60 Å². The molecule has 0 unspecified atom stereocenters. The molecular weight excluding hydrogens is 155 g/mol. The van der Waals surface area contributed by atoms with E-state index >= 15 is 0 Å². The van der Waals surface area contributed by atoms with Gasteiger partial charge >= 0.3 is 0 Å². The van der Waals surface area contributed by atoms with Crippen LogP contribution in [-0.4, -0.2) is 18.3 Å². The zero-order valence-corrected chi connectivity index (χ0v) is 6.93. The van der Waals surface area contributed by atoms with E-state index in [0.717, 1.165) is 0 Å². The van der Waals surface area contributed by atoms with E-state index in [9.17, 15) is 9.79 Å². The van der Waals surface area contributed by atoms with Gasteiger partial charge in [-0.1, -0.05) is 13.8 Å². The maximum Gasteiger partial charge on any atom is 0.0549 e. The fourth-order valence-corrected chi connectivity index (χ4v) is 0.728. The smallest absolute Gasteiger partial charge is 0.0549 e. The summed E-state index contributed by atoms with van der Waals surface area (Å²) in [5, 5.41) is 8.63. The van der Waals surface area contributed by atoms with E-state index < -0.39 is 14.0 Å². The zero-order valence-electron chi connectivity index (χ0n) is 6.03. The Bertz CT molecular complexity index is 93.6. The van der Waals surface area contributed by atoms with E-state index in [1.54, 1.807) is 13.8 Å². The van der Waals surface area contributed by atoms with Gasteiger partial charge in [-0.15, -0.1) is 0 Å². The Kier molecular flexibility index (Phi) is 4.32. The summed E-state index contributed by atoms with van der Waals surface area (Å²) in [6.45, 7) is 3.37.